The molecule has 1 N–H and O–H groups in total. The van der Waals surface area contributed by atoms with E-state index in [1.54, 1.807) is 18.4 Å². The molecule has 0 aliphatic rings. The number of ether oxygens (including phenoxy) is 1. The summed E-state index contributed by atoms with van der Waals surface area (Å²) in [6.45, 7) is -0.312. The first-order valence-electron chi connectivity index (χ1n) is 8.79. The van der Waals surface area contributed by atoms with Gasteiger partial charge in [0, 0.05) is 6.42 Å². The van der Waals surface area contributed by atoms with Crippen molar-refractivity contribution in [1.29, 1.82) is 0 Å². The maximum Gasteiger partial charge on any atom is 0.306 e. The maximum absolute atomic E-state index is 12.3. The van der Waals surface area contributed by atoms with Crippen molar-refractivity contribution in [1.82, 2.24) is 5.32 Å². The molecule has 1 heterocycles. The van der Waals surface area contributed by atoms with Crippen molar-refractivity contribution in [3.8, 4) is 0 Å². The number of aryl methyl sites for hydroxylation is 1. The third kappa shape index (κ3) is 5.57. The van der Waals surface area contributed by atoms with E-state index in [4.69, 9.17) is 9.15 Å². The first kappa shape index (κ1) is 18.5. The molecule has 0 atom stereocenters. The molecular formula is C22H21NO4. The topological polar surface area (TPSA) is 68.5 Å². The highest BCUT2D eigenvalue weighted by Crippen LogP contribution is 2.21. The molecule has 27 heavy (non-hydrogen) atoms. The molecule has 5 heteroatoms. The molecule has 1 amide bonds. The summed E-state index contributed by atoms with van der Waals surface area (Å²) >= 11 is 0. The SMILES string of the molecule is O=C(COC(=O)CCc1ccco1)NC(c1ccccc1)c1ccccc1. The Labute approximate surface area is 158 Å². The molecule has 0 radical (unpaired) electrons. The molecule has 0 bridgehead atoms. The molecule has 1 aromatic heterocycles. The van der Waals surface area contributed by atoms with Gasteiger partial charge in [-0.1, -0.05) is 60.7 Å². The molecule has 138 valence electrons. The van der Waals surface area contributed by atoms with Crippen LogP contribution in [-0.4, -0.2) is 18.5 Å². The number of esters is 1. The van der Waals surface area contributed by atoms with Gasteiger partial charge >= 0.3 is 5.97 Å². The van der Waals surface area contributed by atoms with Crippen molar-refractivity contribution in [2.45, 2.75) is 18.9 Å². The minimum absolute atomic E-state index is 0.168. The van der Waals surface area contributed by atoms with Crippen LogP contribution in [0.5, 0.6) is 0 Å². The second-order valence-corrected chi connectivity index (χ2v) is 6.06. The number of rotatable bonds is 8. The Balaban J connectivity index is 1.55. The summed E-state index contributed by atoms with van der Waals surface area (Å²) in [6.07, 6.45) is 2.17. The quantitative estimate of drug-likeness (QED) is 0.620. The van der Waals surface area contributed by atoms with Crippen molar-refractivity contribution < 1.29 is 18.7 Å². The molecule has 0 fully saturated rings. The minimum atomic E-state index is -0.433. The fourth-order valence-electron chi connectivity index (χ4n) is 2.75. The molecule has 0 saturated carbocycles. The Morgan fingerprint density at radius 3 is 2.07 bits per heavy atom. The first-order valence-corrected chi connectivity index (χ1v) is 8.79. The highest BCUT2D eigenvalue weighted by molar-refractivity contribution is 5.81. The highest BCUT2D eigenvalue weighted by atomic mass is 16.5. The summed E-state index contributed by atoms with van der Waals surface area (Å²) in [5, 5.41) is 2.94. The number of carbonyl (C=O) groups excluding carboxylic acids is 2. The van der Waals surface area contributed by atoms with Gasteiger partial charge in [-0.3, -0.25) is 9.59 Å². The highest BCUT2D eigenvalue weighted by Gasteiger charge is 2.17. The van der Waals surface area contributed by atoms with Crippen LogP contribution in [0.1, 0.15) is 29.3 Å². The van der Waals surface area contributed by atoms with E-state index in [2.05, 4.69) is 5.32 Å². The van der Waals surface area contributed by atoms with Crippen molar-refractivity contribution in [3.63, 3.8) is 0 Å². The normalized spacial score (nSPS) is 10.6. The van der Waals surface area contributed by atoms with Crippen LogP contribution in [0.4, 0.5) is 0 Å². The molecule has 0 saturated heterocycles. The summed E-state index contributed by atoms with van der Waals surface area (Å²) in [6, 6.07) is 22.6. The third-order valence-corrected chi connectivity index (χ3v) is 4.09. The van der Waals surface area contributed by atoms with Gasteiger partial charge in [0.1, 0.15) is 5.76 Å². The van der Waals surface area contributed by atoms with E-state index in [1.165, 1.54) is 0 Å². The largest absolute Gasteiger partial charge is 0.469 e. The Kier molecular flexibility index (Phi) is 6.41. The number of carbonyl (C=O) groups is 2. The Bertz CT molecular complexity index is 805. The standard InChI is InChI=1S/C22H21NO4/c24-20(16-27-21(25)14-13-19-12-7-15-26-19)23-22(17-8-3-1-4-9-17)18-10-5-2-6-11-18/h1-12,15,22H,13-14,16H2,(H,23,24). The summed E-state index contributed by atoms with van der Waals surface area (Å²) in [4.78, 5) is 24.2. The molecule has 0 spiro atoms. The Morgan fingerprint density at radius 2 is 1.52 bits per heavy atom. The summed E-state index contributed by atoms with van der Waals surface area (Å²) in [7, 11) is 0. The van der Waals surface area contributed by atoms with Gasteiger partial charge in [0.15, 0.2) is 6.61 Å². The van der Waals surface area contributed by atoms with Gasteiger partial charge in [0.05, 0.1) is 18.7 Å². The van der Waals surface area contributed by atoms with Gasteiger partial charge in [-0.25, -0.2) is 0 Å². The average molecular weight is 363 g/mol. The molecule has 3 rings (SSSR count). The smallest absolute Gasteiger partial charge is 0.306 e. The molecule has 2 aromatic carbocycles. The van der Waals surface area contributed by atoms with Crippen molar-refractivity contribution in [3.05, 3.63) is 95.9 Å². The Hall–Kier alpha value is -3.34. The van der Waals surface area contributed by atoms with Gasteiger partial charge < -0.3 is 14.5 Å². The van der Waals surface area contributed by atoms with E-state index >= 15 is 0 Å². The number of hydrogen-bond donors (Lipinski definition) is 1. The molecule has 0 unspecified atom stereocenters. The maximum atomic E-state index is 12.3. The zero-order valence-electron chi connectivity index (χ0n) is 14.8. The van der Waals surface area contributed by atoms with Crippen LogP contribution >= 0.6 is 0 Å². The number of furan rings is 1. The van der Waals surface area contributed by atoms with E-state index in [0.29, 0.717) is 12.2 Å². The summed E-state index contributed by atoms with van der Waals surface area (Å²) in [5.41, 5.74) is 1.92. The third-order valence-electron chi connectivity index (χ3n) is 4.09. The van der Waals surface area contributed by atoms with Crippen LogP contribution in [0, 0.1) is 0 Å². The number of amides is 1. The van der Waals surface area contributed by atoms with Crippen LogP contribution in [0.25, 0.3) is 0 Å². The zero-order valence-corrected chi connectivity index (χ0v) is 14.8. The lowest BCUT2D eigenvalue weighted by molar-refractivity contribution is -0.148. The second-order valence-electron chi connectivity index (χ2n) is 6.06. The van der Waals surface area contributed by atoms with Crippen LogP contribution in [-0.2, 0) is 20.7 Å². The molecule has 0 aliphatic carbocycles. The fraction of sp³-hybridized carbons (Fsp3) is 0.182. The number of nitrogens with one attached hydrogen (secondary N) is 1. The van der Waals surface area contributed by atoms with Crippen LogP contribution in [0.15, 0.2) is 83.5 Å². The predicted octanol–water partition coefficient (Wildman–Crippen LogP) is 3.66. The summed E-state index contributed by atoms with van der Waals surface area (Å²) < 4.78 is 10.3. The van der Waals surface area contributed by atoms with Crippen LogP contribution in [0.2, 0.25) is 0 Å². The lowest BCUT2D eigenvalue weighted by atomic mass is 9.99. The average Bonchev–Trinajstić information content (AvgIpc) is 3.24. The van der Waals surface area contributed by atoms with Crippen molar-refractivity contribution >= 4 is 11.9 Å². The predicted molar refractivity (Wildman–Crippen MR) is 101 cm³/mol. The van der Waals surface area contributed by atoms with Crippen molar-refractivity contribution in [2.24, 2.45) is 0 Å². The second kappa shape index (κ2) is 9.38. The van der Waals surface area contributed by atoms with Crippen LogP contribution in [0.3, 0.4) is 0 Å². The van der Waals surface area contributed by atoms with E-state index in [0.717, 1.165) is 11.1 Å². The lowest BCUT2D eigenvalue weighted by Gasteiger charge is -2.19. The molecule has 5 nitrogen and oxygen atoms in total. The Morgan fingerprint density at radius 1 is 0.889 bits per heavy atom. The van der Waals surface area contributed by atoms with E-state index in [9.17, 15) is 9.59 Å². The van der Waals surface area contributed by atoms with Gasteiger partial charge in [-0.15, -0.1) is 0 Å². The lowest BCUT2D eigenvalue weighted by Crippen LogP contribution is -2.33. The van der Waals surface area contributed by atoms with Gasteiger partial charge in [-0.05, 0) is 23.3 Å². The molecular weight excluding hydrogens is 342 g/mol. The number of hydrogen-bond acceptors (Lipinski definition) is 4. The van der Waals surface area contributed by atoms with Crippen LogP contribution < -0.4 is 5.32 Å². The molecule has 3 aromatic rings. The molecule has 0 aliphatic heterocycles. The van der Waals surface area contributed by atoms with E-state index < -0.39 is 5.97 Å². The number of benzene rings is 2. The van der Waals surface area contributed by atoms with Gasteiger partial charge in [0.25, 0.3) is 5.91 Å². The van der Waals surface area contributed by atoms with E-state index in [1.807, 2.05) is 60.7 Å². The first-order chi connectivity index (χ1) is 13.2. The minimum Gasteiger partial charge on any atom is -0.469 e. The van der Waals surface area contributed by atoms with Gasteiger partial charge in [-0.2, -0.15) is 0 Å². The van der Waals surface area contributed by atoms with Gasteiger partial charge in [0.2, 0.25) is 0 Å². The van der Waals surface area contributed by atoms with Crippen molar-refractivity contribution in [2.75, 3.05) is 6.61 Å². The zero-order chi connectivity index (χ0) is 18.9. The summed E-state index contributed by atoms with van der Waals surface area (Å²) in [5.74, 6) is -0.0683. The van der Waals surface area contributed by atoms with E-state index in [-0.39, 0.29) is 25.0 Å². The monoisotopic (exact) mass is 363 g/mol. The fourth-order valence-corrected chi connectivity index (χ4v) is 2.75.